The maximum Gasteiger partial charge on any atom is 0.194 e. The molecule has 2 heterocycles. The van der Waals surface area contributed by atoms with Crippen LogP contribution in [0.5, 0.6) is 5.75 Å². The van der Waals surface area contributed by atoms with E-state index in [-0.39, 0.29) is 11.6 Å². The molecule has 1 N–H and O–H groups in total. The largest absolute Gasteiger partial charge is 0.494 e. The van der Waals surface area contributed by atoms with Crippen LogP contribution in [-0.4, -0.2) is 66.1 Å². The molecule has 0 bridgehead atoms. The molecule has 0 amide bonds. The predicted molar refractivity (Wildman–Crippen MR) is 113 cm³/mol. The van der Waals surface area contributed by atoms with E-state index < -0.39 is 0 Å². The van der Waals surface area contributed by atoms with Gasteiger partial charge in [0.25, 0.3) is 0 Å². The highest BCUT2D eigenvalue weighted by Crippen LogP contribution is 2.18. The van der Waals surface area contributed by atoms with Crippen LogP contribution in [-0.2, 0) is 24.2 Å². The Morgan fingerprint density at radius 2 is 2.33 bits per heavy atom. The third-order valence-corrected chi connectivity index (χ3v) is 5.17. The number of halogens is 1. The first kappa shape index (κ1) is 22.0. The van der Waals surface area contributed by atoms with Crippen LogP contribution in [0.2, 0.25) is 0 Å². The molecule has 0 aliphatic carbocycles. The summed E-state index contributed by atoms with van der Waals surface area (Å²) in [7, 11) is 3.42. The van der Waals surface area contributed by atoms with E-state index in [2.05, 4.69) is 22.4 Å². The third kappa shape index (κ3) is 5.91. The summed E-state index contributed by atoms with van der Waals surface area (Å²) in [5.41, 5.74) is 0.849. The molecule has 9 heteroatoms. The molecule has 2 aromatic rings. The first-order chi connectivity index (χ1) is 14.6. The topological polar surface area (TPSA) is 76.8 Å². The highest BCUT2D eigenvalue weighted by molar-refractivity contribution is 5.79. The minimum Gasteiger partial charge on any atom is -0.494 e. The van der Waals surface area contributed by atoms with E-state index in [0.29, 0.717) is 25.6 Å². The van der Waals surface area contributed by atoms with E-state index >= 15 is 0 Å². The SMILES string of the molecule is CCc1nncn1CCNC(=NCC1CCOC1)N(C)Cc1ccc(OC)c(F)c1. The fraction of sp³-hybridized carbons (Fsp3) is 0.571. The molecule has 1 aliphatic heterocycles. The molecule has 1 fully saturated rings. The lowest BCUT2D eigenvalue weighted by Crippen LogP contribution is -2.40. The molecule has 1 atom stereocenters. The number of methoxy groups -OCH3 is 1. The number of hydrogen-bond donors (Lipinski definition) is 1. The van der Waals surface area contributed by atoms with Crippen LogP contribution in [0.25, 0.3) is 0 Å². The quantitative estimate of drug-likeness (QED) is 0.497. The number of guanidine groups is 1. The van der Waals surface area contributed by atoms with Crippen LogP contribution < -0.4 is 10.1 Å². The molecule has 164 valence electrons. The normalized spacial score (nSPS) is 16.7. The molecule has 0 radical (unpaired) electrons. The van der Waals surface area contributed by atoms with Crippen molar-refractivity contribution in [1.29, 1.82) is 0 Å². The summed E-state index contributed by atoms with van der Waals surface area (Å²) in [6.45, 7) is 6.28. The molecule has 1 aliphatic rings. The summed E-state index contributed by atoms with van der Waals surface area (Å²) in [6, 6.07) is 5.02. The smallest absolute Gasteiger partial charge is 0.194 e. The minimum atomic E-state index is -0.363. The standard InChI is InChI=1S/C21H31FN6O2/c1-4-20-26-25-15-28(20)9-8-23-21(24-12-17-7-10-30-14-17)27(2)13-16-5-6-19(29-3)18(22)11-16/h5-6,11,15,17H,4,7-10,12-14H2,1-3H3,(H,23,24). The van der Waals surface area contributed by atoms with Gasteiger partial charge in [-0.15, -0.1) is 10.2 Å². The number of benzene rings is 1. The Kier molecular flexibility index (Phi) is 8.01. The molecule has 30 heavy (non-hydrogen) atoms. The van der Waals surface area contributed by atoms with Gasteiger partial charge in [0.2, 0.25) is 0 Å². The molecular formula is C21H31FN6O2. The van der Waals surface area contributed by atoms with Crippen LogP contribution in [0, 0.1) is 11.7 Å². The Balaban J connectivity index is 1.64. The summed E-state index contributed by atoms with van der Waals surface area (Å²) in [5, 5.41) is 11.5. The molecule has 1 unspecified atom stereocenters. The third-order valence-electron chi connectivity index (χ3n) is 5.17. The van der Waals surface area contributed by atoms with Crippen LogP contribution in [0.4, 0.5) is 4.39 Å². The van der Waals surface area contributed by atoms with E-state index in [4.69, 9.17) is 14.5 Å². The van der Waals surface area contributed by atoms with Crippen molar-refractivity contribution in [3.05, 3.63) is 41.7 Å². The first-order valence-electron chi connectivity index (χ1n) is 10.4. The highest BCUT2D eigenvalue weighted by atomic mass is 19.1. The van der Waals surface area contributed by atoms with Crippen molar-refractivity contribution in [2.45, 2.75) is 32.9 Å². The fourth-order valence-electron chi connectivity index (χ4n) is 3.44. The fourth-order valence-corrected chi connectivity index (χ4v) is 3.44. The molecule has 3 rings (SSSR count). The van der Waals surface area contributed by atoms with Gasteiger partial charge in [-0.2, -0.15) is 0 Å². The van der Waals surface area contributed by atoms with Crippen molar-refractivity contribution >= 4 is 5.96 Å². The molecular weight excluding hydrogens is 387 g/mol. The predicted octanol–water partition coefficient (Wildman–Crippen LogP) is 2.10. The van der Waals surface area contributed by atoms with Gasteiger partial charge in [0.1, 0.15) is 12.2 Å². The number of nitrogens with zero attached hydrogens (tertiary/aromatic N) is 5. The monoisotopic (exact) mass is 418 g/mol. The maximum absolute atomic E-state index is 14.1. The molecule has 0 saturated carbocycles. The average Bonchev–Trinajstić information content (AvgIpc) is 3.42. The van der Waals surface area contributed by atoms with Crippen LogP contribution in [0.15, 0.2) is 29.5 Å². The second-order valence-electron chi connectivity index (χ2n) is 7.44. The van der Waals surface area contributed by atoms with Gasteiger partial charge in [-0.1, -0.05) is 13.0 Å². The molecule has 0 spiro atoms. The van der Waals surface area contributed by atoms with E-state index in [0.717, 1.165) is 49.9 Å². The van der Waals surface area contributed by atoms with Crippen LogP contribution >= 0.6 is 0 Å². The first-order valence-corrected chi connectivity index (χ1v) is 10.4. The van der Waals surface area contributed by atoms with Gasteiger partial charge in [-0.25, -0.2) is 4.39 Å². The zero-order valence-corrected chi connectivity index (χ0v) is 18.0. The second kappa shape index (κ2) is 10.9. The zero-order valence-electron chi connectivity index (χ0n) is 18.0. The van der Waals surface area contributed by atoms with Crippen molar-refractivity contribution in [3.8, 4) is 5.75 Å². The number of aromatic nitrogens is 3. The van der Waals surface area contributed by atoms with E-state index in [9.17, 15) is 4.39 Å². The Morgan fingerprint density at radius 1 is 1.47 bits per heavy atom. The van der Waals surface area contributed by atoms with Crippen molar-refractivity contribution in [3.63, 3.8) is 0 Å². The van der Waals surface area contributed by atoms with Crippen LogP contribution in [0.1, 0.15) is 24.7 Å². The number of ether oxygens (including phenoxy) is 2. The van der Waals surface area contributed by atoms with Crippen molar-refractivity contribution < 1.29 is 13.9 Å². The molecule has 1 aromatic carbocycles. The summed E-state index contributed by atoms with van der Waals surface area (Å²) in [4.78, 5) is 6.82. The highest BCUT2D eigenvalue weighted by Gasteiger charge is 2.16. The van der Waals surface area contributed by atoms with Gasteiger partial charge in [0, 0.05) is 52.2 Å². The average molecular weight is 419 g/mol. The number of hydrogen-bond acceptors (Lipinski definition) is 5. The summed E-state index contributed by atoms with van der Waals surface area (Å²) in [6.07, 6.45) is 3.62. The summed E-state index contributed by atoms with van der Waals surface area (Å²) >= 11 is 0. The maximum atomic E-state index is 14.1. The van der Waals surface area contributed by atoms with E-state index in [1.54, 1.807) is 12.4 Å². The number of aryl methyl sites for hydroxylation is 1. The lowest BCUT2D eigenvalue weighted by Gasteiger charge is -2.23. The Bertz CT molecular complexity index is 835. The van der Waals surface area contributed by atoms with E-state index in [1.165, 1.54) is 13.2 Å². The lowest BCUT2D eigenvalue weighted by molar-refractivity contribution is 0.187. The number of aliphatic imine (C=N–C) groups is 1. The zero-order chi connectivity index (χ0) is 21.3. The summed E-state index contributed by atoms with van der Waals surface area (Å²) in [5.74, 6) is 2.07. The van der Waals surface area contributed by atoms with Gasteiger partial charge in [0.15, 0.2) is 17.5 Å². The van der Waals surface area contributed by atoms with Crippen molar-refractivity contribution in [1.82, 2.24) is 25.0 Å². The van der Waals surface area contributed by atoms with Gasteiger partial charge < -0.3 is 24.3 Å². The lowest BCUT2D eigenvalue weighted by atomic mass is 10.1. The Hall–Kier alpha value is -2.68. The summed E-state index contributed by atoms with van der Waals surface area (Å²) < 4.78 is 26.6. The Labute approximate surface area is 177 Å². The second-order valence-corrected chi connectivity index (χ2v) is 7.44. The van der Waals surface area contributed by atoms with Gasteiger partial charge in [0.05, 0.1) is 13.7 Å². The van der Waals surface area contributed by atoms with Crippen molar-refractivity contribution in [2.75, 3.05) is 40.5 Å². The van der Waals surface area contributed by atoms with Crippen LogP contribution in [0.3, 0.4) is 0 Å². The minimum absolute atomic E-state index is 0.246. The van der Waals surface area contributed by atoms with Gasteiger partial charge >= 0.3 is 0 Å². The van der Waals surface area contributed by atoms with Gasteiger partial charge in [-0.05, 0) is 24.1 Å². The molecule has 1 aromatic heterocycles. The van der Waals surface area contributed by atoms with Crippen molar-refractivity contribution in [2.24, 2.45) is 10.9 Å². The Morgan fingerprint density at radius 3 is 3.03 bits per heavy atom. The number of rotatable bonds is 9. The molecule has 8 nitrogen and oxygen atoms in total. The number of nitrogens with one attached hydrogen (secondary N) is 1. The van der Waals surface area contributed by atoms with Gasteiger partial charge in [-0.3, -0.25) is 4.99 Å². The molecule has 1 saturated heterocycles. The van der Waals surface area contributed by atoms with E-state index in [1.807, 2.05) is 22.6 Å².